The van der Waals surface area contributed by atoms with Gasteiger partial charge in [0, 0.05) is 5.56 Å². The molecule has 1 N–H and O–H groups in total. The van der Waals surface area contributed by atoms with Crippen LogP contribution in [0.15, 0.2) is 18.2 Å². The van der Waals surface area contributed by atoms with Crippen molar-refractivity contribution in [3.05, 3.63) is 35.4 Å². The van der Waals surface area contributed by atoms with Crippen LogP contribution in [-0.2, 0) is 5.54 Å². The molecule has 1 atom stereocenters. The molecule has 0 bridgehead atoms. The van der Waals surface area contributed by atoms with Crippen molar-refractivity contribution in [1.82, 2.24) is 5.32 Å². The molecule has 0 aromatic heterocycles. The zero-order valence-corrected chi connectivity index (χ0v) is 10.5. The molecule has 2 aliphatic rings. The predicted octanol–water partition coefficient (Wildman–Crippen LogP) is 3.73. The maximum Gasteiger partial charge on any atom is 0.131 e. The molecule has 18 heavy (non-hydrogen) atoms. The van der Waals surface area contributed by atoms with E-state index in [2.05, 4.69) is 5.32 Å². The third kappa shape index (κ3) is 1.95. The summed E-state index contributed by atoms with van der Waals surface area (Å²) in [5, 5.41) is 3.48. The van der Waals surface area contributed by atoms with Gasteiger partial charge < -0.3 is 5.32 Å². The third-order valence-corrected chi connectivity index (χ3v) is 4.37. The molecule has 1 aromatic rings. The second-order valence-corrected chi connectivity index (χ2v) is 5.58. The van der Waals surface area contributed by atoms with Gasteiger partial charge in [0.1, 0.15) is 11.6 Å². The second-order valence-electron chi connectivity index (χ2n) is 5.58. The Bertz CT molecular complexity index is 412. The van der Waals surface area contributed by atoms with Gasteiger partial charge in [-0.2, -0.15) is 0 Å². The molecule has 1 aliphatic heterocycles. The zero-order valence-electron chi connectivity index (χ0n) is 10.5. The molecule has 2 fully saturated rings. The fourth-order valence-corrected chi connectivity index (χ4v) is 3.37. The summed E-state index contributed by atoms with van der Waals surface area (Å²) >= 11 is 0. The lowest BCUT2D eigenvalue weighted by atomic mass is 9.80. The number of hydrogen-bond acceptors (Lipinski definition) is 1. The Labute approximate surface area is 107 Å². The Hall–Kier alpha value is -0.960. The van der Waals surface area contributed by atoms with Gasteiger partial charge in [0.25, 0.3) is 0 Å². The Kier molecular flexibility index (Phi) is 3.10. The Morgan fingerprint density at radius 3 is 2.44 bits per heavy atom. The molecule has 0 spiro atoms. The maximum atomic E-state index is 14.1. The SMILES string of the molecule is Fc1cccc(F)c1C1(C2CC2)CCCCCN1. The van der Waals surface area contributed by atoms with Gasteiger partial charge >= 0.3 is 0 Å². The first-order valence-corrected chi connectivity index (χ1v) is 6.93. The first-order valence-electron chi connectivity index (χ1n) is 6.93. The van der Waals surface area contributed by atoms with Gasteiger partial charge in [0.15, 0.2) is 0 Å². The van der Waals surface area contributed by atoms with Crippen LogP contribution in [0.3, 0.4) is 0 Å². The van der Waals surface area contributed by atoms with E-state index in [0.29, 0.717) is 5.92 Å². The highest BCUT2D eigenvalue weighted by Crippen LogP contribution is 2.50. The topological polar surface area (TPSA) is 12.0 Å². The third-order valence-electron chi connectivity index (χ3n) is 4.37. The highest BCUT2D eigenvalue weighted by Gasteiger charge is 2.48. The highest BCUT2D eigenvalue weighted by molar-refractivity contribution is 5.31. The molecule has 0 radical (unpaired) electrons. The zero-order chi connectivity index (χ0) is 12.6. The first-order chi connectivity index (χ1) is 8.74. The van der Waals surface area contributed by atoms with Crippen molar-refractivity contribution in [1.29, 1.82) is 0 Å². The van der Waals surface area contributed by atoms with Crippen molar-refractivity contribution >= 4 is 0 Å². The molecule has 3 heteroatoms. The van der Waals surface area contributed by atoms with Gasteiger partial charge in [0.2, 0.25) is 0 Å². The van der Waals surface area contributed by atoms with E-state index in [4.69, 9.17) is 0 Å². The predicted molar refractivity (Wildman–Crippen MR) is 67.2 cm³/mol. The van der Waals surface area contributed by atoms with Gasteiger partial charge in [-0.15, -0.1) is 0 Å². The van der Waals surface area contributed by atoms with Crippen LogP contribution >= 0.6 is 0 Å². The summed E-state index contributed by atoms with van der Waals surface area (Å²) in [4.78, 5) is 0. The lowest BCUT2D eigenvalue weighted by Crippen LogP contribution is -2.45. The quantitative estimate of drug-likeness (QED) is 0.844. The van der Waals surface area contributed by atoms with E-state index in [0.717, 1.165) is 45.1 Å². The molecular formula is C15H19F2N. The molecular weight excluding hydrogens is 232 g/mol. The normalized spacial score (nSPS) is 29.0. The fraction of sp³-hybridized carbons (Fsp3) is 0.600. The average molecular weight is 251 g/mol. The van der Waals surface area contributed by atoms with E-state index in [9.17, 15) is 8.78 Å². The minimum absolute atomic E-state index is 0.286. The van der Waals surface area contributed by atoms with E-state index >= 15 is 0 Å². The Morgan fingerprint density at radius 1 is 1.06 bits per heavy atom. The number of benzene rings is 1. The number of hydrogen-bond donors (Lipinski definition) is 1. The fourth-order valence-electron chi connectivity index (χ4n) is 3.37. The van der Waals surface area contributed by atoms with E-state index in [-0.39, 0.29) is 5.56 Å². The lowest BCUT2D eigenvalue weighted by Gasteiger charge is -2.35. The van der Waals surface area contributed by atoms with Crippen molar-refractivity contribution in [3.63, 3.8) is 0 Å². The molecule has 98 valence electrons. The second kappa shape index (κ2) is 4.61. The average Bonchev–Trinajstić information content (AvgIpc) is 3.16. The largest absolute Gasteiger partial charge is 0.307 e. The first kappa shape index (κ1) is 12.1. The summed E-state index contributed by atoms with van der Waals surface area (Å²) in [5.74, 6) is -0.380. The summed E-state index contributed by atoms with van der Waals surface area (Å²) in [7, 11) is 0. The van der Waals surface area contributed by atoms with Crippen molar-refractivity contribution in [2.24, 2.45) is 5.92 Å². The minimum atomic E-state index is -0.452. The molecule has 1 saturated carbocycles. The molecule has 1 aliphatic carbocycles. The highest BCUT2D eigenvalue weighted by atomic mass is 19.1. The van der Waals surface area contributed by atoms with Crippen molar-refractivity contribution in [3.8, 4) is 0 Å². The molecule has 1 aromatic carbocycles. The van der Waals surface area contributed by atoms with Crippen LogP contribution < -0.4 is 5.32 Å². The van der Waals surface area contributed by atoms with Gasteiger partial charge in [-0.25, -0.2) is 8.78 Å². The smallest absolute Gasteiger partial charge is 0.131 e. The molecule has 1 heterocycles. The maximum absolute atomic E-state index is 14.1. The van der Waals surface area contributed by atoms with Gasteiger partial charge in [-0.1, -0.05) is 18.9 Å². The molecule has 3 rings (SSSR count). The Balaban J connectivity index is 2.07. The summed E-state index contributed by atoms with van der Waals surface area (Å²) in [6.45, 7) is 0.865. The molecule has 1 nitrogen and oxygen atoms in total. The molecule has 1 unspecified atom stereocenters. The van der Waals surface area contributed by atoms with Crippen molar-refractivity contribution in [2.75, 3.05) is 6.54 Å². The number of nitrogens with one attached hydrogen (secondary N) is 1. The standard InChI is InChI=1S/C15H19F2N/c16-12-5-4-6-13(17)14(12)15(11-7-8-11)9-2-1-3-10-18-15/h4-6,11,18H,1-3,7-10H2. The van der Waals surface area contributed by atoms with Gasteiger partial charge in [-0.05, 0) is 50.3 Å². The molecule has 0 amide bonds. The monoisotopic (exact) mass is 251 g/mol. The van der Waals surface area contributed by atoms with Crippen molar-refractivity contribution in [2.45, 2.75) is 44.1 Å². The van der Waals surface area contributed by atoms with E-state index < -0.39 is 17.2 Å². The van der Waals surface area contributed by atoms with E-state index in [1.54, 1.807) is 0 Å². The number of halogens is 2. The van der Waals surface area contributed by atoms with Crippen LogP contribution in [0.4, 0.5) is 8.78 Å². The van der Waals surface area contributed by atoms with E-state index in [1.165, 1.54) is 18.2 Å². The van der Waals surface area contributed by atoms with Gasteiger partial charge in [-0.3, -0.25) is 0 Å². The molecule has 1 saturated heterocycles. The van der Waals surface area contributed by atoms with Gasteiger partial charge in [0.05, 0.1) is 5.54 Å². The lowest BCUT2D eigenvalue weighted by molar-refractivity contribution is 0.258. The van der Waals surface area contributed by atoms with Crippen LogP contribution in [0, 0.1) is 17.6 Å². The van der Waals surface area contributed by atoms with Crippen LogP contribution in [0.1, 0.15) is 44.1 Å². The number of rotatable bonds is 2. The minimum Gasteiger partial charge on any atom is -0.307 e. The summed E-state index contributed by atoms with van der Waals surface area (Å²) in [6.07, 6.45) is 6.33. The van der Waals surface area contributed by atoms with Crippen LogP contribution in [0.5, 0.6) is 0 Å². The Morgan fingerprint density at radius 2 is 1.78 bits per heavy atom. The van der Waals surface area contributed by atoms with Crippen LogP contribution in [0.25, 0.3) is 0 Å². The van der Waals surface area contributed by atoms with E-state index in [1.807, 2.05) is 0 Å². The summed E-state index contributed by atoms with van der Waals surface area (Å²) in [5.41, 5.74) is -0.166. The summed E-state index contributed by atoms with van der Waals surface area (Å²) in [6, 6.07) is 4.22. The van der Waals surface area contributed by atoms with Crippen LogP contribution in [0.2, 0.25) is 0 Å². The van der Waals surface area contributed by atoms with Crippen LogP contribution in [-0.4, -0.2) is 6.54 Å². The van der Waals surface area contributed by atoms with Crippen molar-refractivity contribution < 1.29 is 8.78 Å². The summed E-state index contributed by atoms with van der Waals surface area (Å²) < 4.78 is 28.2.